The number of halogens is 2. The van der Waals surface area contributed by atoms with Gasteiger partial charge in [-0.05, 0) is 13.0 Å². The molecule has 18 heavy (non-hydrogen) atoms. The summed E-state index contributed by atoms with van der Waals surface area (Å²) < 4.78 is 22.6. The third-order valence-corrected chi connectivity index (χ3v) is 2.34. The average molecular weight is 277 g/mol. The number of ketones is 1. The fourth-order valence-corrected chi connectivity index (χ4v) is 1.53. The molecular weight excluding hydrogens is 267 g/mol. The van der Waals surface area contributed by atoms with E-state index < -0.39 is 34.6 Å². The predicted octanol–water partition coefficient (Wildman–Crippen LogP) is 1.94. The highest BCUT2D eigenvalue weighted by atomic mass is 35.5. The van der Waals surface area contributed by atoms with Gasteiger partial charge in [0.25, 0.3) is 5.78 Å². The summed E-state index contributed by atoms with van der Waals surface area (Å²) in [4.78, 5) is 22.8. The highest BCUT2D eigenvalue weighted by Crippen LogP contribution is 2.36. The van der Waals surface area contributed by atoms with Crippen molar-refractivity contribution < 1.29 is 28.6 Å². The van der Waals surface area contributed by atoms with Gasteiger partial charge in [-0.25, -0.2) is 4.79 Å². The van der Waals surface area contributed by atoms with Gasteiger partial charge in [0.1, 0.15) is 0 Å². The standard InChI is InChI=1S/C11H10ClFO5/c1-3-18-11(16)9(15)5-4-6(12)10(17-2)7(13)8(5)14/h4,14H,3H2,1-2H3. The molecule has 5 nitrogen and oxygen atoms in total. The Morgan fingerprint density at radius 2 is 2.11 bits per heavy atom. The van der Waals surface area contributed by atoms with Crippen molar-refractivity contribution in [1.82, 2.24) is 0 Å². The topological polar surface area (TPSA) is 72.8 Å². The molecule has 1 aromatic rings. The van der Waals surface area contributed by atoms with Gasteiger partial charge in [0, 0.05) is 0 Å². The third kappa shape index (κ3) is 2.53. The van der Waals surface area contributed by atoms with E-state index in [0.29, 0.717) is 0 Å². The van der Waals surface area contributed by atoms with Crippen molar-refractivity contribution in [2.45, 2.75) is 6.92 Å². The lowest BCUT2D eigenvalue weighted by molar-refractivity contribution is -0.137. The molecule has 1 N–H and O–H groups in total. The largest absolute Gasteiger partial charge is 0.504 e. The van der Waals surface area contributed by atoms with E-state index in [-0.39, 0.29) is 11.6 Å². The number of ether oxygens (including phenoxy) is 2. The minimum atomic E-state index is -1.21. The van der Waals surface area contributed by atoms with Crippen molar-refractivity contribution >= 4 is 23.4 Å². The summed E-state index contributed by atoms with van der Waals surface area (Å²) in [5.74, 6) is -5.01. The maximum absolute atomic E-state index is 13.6. The number of phenols is 1. The van der Waals surface area contributed by atoms with Gasteiger partial charge in [-0.15, -0.1) is 0 Å². The maximum Gasteiger partial charge on any atom is 0.379 e. The number of benzene rings is 1. The van der Waals surface area contributed by atoms with E-state index in [1.165, 1.54) is 6.92 Å². The van der Waals surface area contributed by atoms with Gasteiger partial charge in [-0.2, -0.15) is 4.39 Å². The smallest absolute Gasteiger partial charge is 0.379 e. The van der Waals surface area contributed by atoms with Crippen LogP contribution in [0, 0.1) is 5.82 Å². The number of methoxy groups -OCH3 is 1. The first kappa shape index (κ1) is 14.2. The summed E-state index contributed by atoms with van der Waals surface area (Å²) >= 11 is 5.65. The second kappa shape index (κ2) is 5.68. The van der Waals surface area contributed by atoms with Gasteiger partial charge < -0.3 is 14.6 Å². The van der Waals surface area contributed by atoms with E-state index in [2.05, 4.69) is 9.47 Å². The predicted molar refractivity (Wildman–Crippen MR) is 60.6 cm³/mol. The van der Waals surface area contributed by atoms with Crippen molar-refractivity contribution in [2.75, 3.05) is 13.7 Å². The Morgan fingerprint density at radius 3 is 2.61 bits per heavy atom. The van der Waals surface area contributed by atoms with Crippen LogP contribution in [0.4, 0.5) is 4.39 Å². The Balaban J connectivity index is 3.27. The van der Waals surface area contributed by atoms with Crippen LogP contribution in [0.25, 0.3) is 0 Å². The van der Waals surface area contributed by atoms with E-state index in [0.717, 1.165) is 13.2 Å². The van der Waals surface area contributed by atoms with Crippen LogP contribution in [0.3, 0.4) is 0 Å². The molecule has 0 radical (unpaired) electrons. The number of carbonyl (C=O) groups is 2. The zero-order valence-corrected chi connectivity index (χ0v) is 10.4. The average Bonchev–Trinajstić information content (AvgIpc) is 2.34. The molecule has 0 atom stereocenters. The van der Waals surface area contributed by atoms with Gasteiger partial charge >= 0.3 is 5.97 Å². The summed E-state index contributed by atoms with van der Waals surface area (Å²) in [6, 6.07) is 0.943. The number of phenolic OH excluding ortho intramolecular Hbond substituents is 1. The molecule has 0 aliphatic carbocycles. The SMILES string of the molecule is CCOC(=O)C(=O)c1cc(Cl)c(OC)c(F)c1O. The van der Waals surface area contributed by atoms with E-state index in [1.807, 2.05) is 0 Å². The van der Waals surface area contributed by atoms with E-state index >= 15 is 0 Å². The minimum Gasteiger partial charge on any atom is -0.504 e. The van der Waals surface area contributed by atoms with E-state index in [4.69, 9.17) is 11.6 Å². The number of carbonyl (C=O) groups excluding carboxylic acids is 2. The second-order valence-corrected chi connectivity index (χ2v) is 3.56. The molecule has 0 saturated carbocycles. The molecule has 0 saturated heterocycles. The van der Waals surface area contributed by atoms with Gasteiger partial charge in [-0.1, -0.05) is 11.6 Å². The quantitative estimate of drug-likeness (QED) is 0.517. The van der Waals surface area contributed by atoms with Gasteiger partial charge in [-0.3, -0.25) is 4.79 Å². The summed E-state index contributed by atoms with van der Waals surface area (Å²) in [5.41, 5.74) is -0.572. The lowest BCUT2D eigenvalue weighted by Crippen LogP contribution is -2.18. The summed E-state index contributed by atoms with van der Waals surface area (Å²) in [5, 5.41) is 9.24. The zero-order valence-electron chi connectivity index (χ0n) is 9.62. The van der Waals surface area contributed by atoms with Gasteiger partial charge in [0.05, 0.1) is 24.3 Å². The maximum atomic E-state index is 13.6. The van der Waals surface area contributed by atoms with Crippen LogP contribution in [-0.2, 0) is 9.53 Å². The summed E-state index contributed by atoms with van der Waals surface area (Å²) in [6.07, 6.45) is 0. The Labute approximate surface area is 107 Å². The van der Waals surface area contributed by atoms with Crippen LogP contribution >= 0.6 is 11.6 Å². The highest BCUT2D eigenvalue weighted by molar-refractivity contribution is 6.42. The number of rotatable bonds is 4. The molecule has 0 amide bonds. The van der Waals surface area contributed by atoms with Crippen molar-refractivity contribution in [3.8, 4) is 11.5 Å². The molecule has 0 heterocycles. The monoisotopic (exact) mass is 276 g/mol. The second-order valence-electron chi connectivity index (χ2n) is 3.15. The number of Topliss-reactive ketones (excluding diaryl/α,β-unsaturated/α-hetero) is 1. The molecule has 0 spiro atoms. The highest BCUT2D eigenvalue weighted by Gasteiger charge is 2.26. The first-order valence-electron chi connectivity index (χ1n) is 4.90. The Bertz CT molecular complexity index is 501. The van der Waals surface area contributed by atoms with Crippen LogP contribution in [0.1, 0.15) is 17.3 Å². The van der Waals surface area contributed by atoms with Crippen LogP contribution in [-0.4, -0.2) is 30.6 Å². The first-order valence-corrected chi connectivity index (χ1v) is 5.28. The molecule has 1 aromatic carbocycles. The molecule has 98 valence electrons. The number of esters is 1. The van der Waals surface area contributed by atoms with Crippen molar-refractivity contribution in [1.29, 1.82) is 0 Å². The molecule has 0 aliphatic heterocycles. The minimum absolute atomic E-state index is 0.0162. The van der Waals surface area contributed by atoms with Crippen LogP contribution in [0.2, 0.25) is 5.02 Å². The van der Waals surface area contributed by atoms with Crippen LogP contribution in [0.15, 0.2) is 6.07 Å². The molecule has 0 fully saturated rings. The van der Waals surface area contributed by atoms with Gasteiger partial charge in [0.2, 0.25) is 5.82 Å². The normalized spacial score (nSPS) is 10.0. The molecular formula is C11H10ClFO5. The lowest BCUT2D eigenvalue weighted by atomic mass is 10.1. The van der Waals surface area contributed by atoms with E-state index in [1.54, 1.807) is 0 Å². The fourth-order valence-electron chi connectivity index (χ4n) is 1.26. The van der Waals surface area contributed by atoms with Crippen molar-refractivity contribution in [3.63, 3.8) is 0 Å². The number of hydrogen-bond acceptors (Lipinski definition) is 5. The third-order valence-electron chi connectivity index (χ3n) is 2.06. The molecule has 0 unspecified atom stereocenters. The number of hydrogen-bond donors (Lipinski definition) is 1. The summed E-state index contributed by atoms with van der Waals surface area (Å²) in [6.45, 7) is 1.49. The number of aromatic hydroxyl groups is 1. The molecule has 1 rings (SSSR count). The van der Waals surface area contributed by atoms with E-state index in [9.17, 15) is 19.1 Å². The molecule has 0 aromatic heterocycles. The van der Waals surface area contributed by atoms with Crippen LogP contribution in [0.5, 0.6) is 11.5 Å². The van der Waals surface area contributed by atoms with Gasteiger partial charge in [0.15, 0.2) is 11.5 Å². The molecule has 7 heteroatoms. The molecule has 0 bridgehead atoms. The Kier molecular flexibility index (Phi) is 4.49. The zero-order chi connectivity index (χ0) is 13.9. The summed E-state index contributed by atoms with van der Waals surface area (Å²) in [7, 11) is 1.15. The fraction of sp³-hybridized carbons (Fsp3) is 0.273. The van der Waals surface area contributed by atoms with Crippen LogP contribution < -0.4 is 4.74 Å². The Hall–Kier alpha value is -1.82. The van der Waals surface area contributed by atoms with Crippen molar-refractivity contribution in [2.24, 2.45) is 0 Å². The Morgan fingerprint density at radius 1 is 1.50 bits per heavy atom. The first-order chi connectivity index (χ1) is 8.43. The van der Waals surface area contributed by atoms with Crippen molar-refractivity contribution in [3.05, 3.63) is 22.5 Å². The lowest BCUT2D eigenvalue weighted by Gasteiger charge is -2.09. The molecule has 0 aliphatic rings.